The van der Waals surface area contributed by atoms with Crippen molar-refractivity contribution in [1.29, 1.82) is 0 Å². The van der Waals surface area contributed by atoms with Gasteiger partial charge in [0.2, 0.25) is 0 Å². The van der Waals surface area contributed by atoms with Crippen LogP contribution in [0.5, 0.6) is 0 Å². The Bertz CT molecular complexity index is 2330. The summed E-state index contributed by atoms with van der Waals surface area (Å²) in [5, 5.41) is 0. The Kier molecular flexibility index (Phi) is 13.4. The smallest absolute Gasteiger partial charge is 0.145 e. The first-order valence-electron chi connectivity index (χ1n) is 22.5. The third-order valence-electron chi connectivity index (χ3n) is 13.2. The highest BCUT2D eigenvalue weighted by atomic mass is 127. The van der Waals surface area contributed by atoms with Crippen molar-refractivity contribution < 1.29 is 9.47 Å². The van der Waals surface area contributed by atoms with E-state index >= 15 is 0 Å². The molecular weight excluding hydrogens is 1010 g/mol. The van der Waals surface area contributed by atoms with Crippen molar-refractivity contribution >= 4 is 67.5 Å². The molecule has 1 aliphatic carbocycles. The van der Waals surface area contributed by atoms with Crippen molar-refractivity contribution in [2.24, 2.45) is 0 Å². The molecule has 0 N–H and O–H groups in total. The summed E-state index contributed by atoms with van der Waals surface area (Å²) in [5.74, 6) is 0. The van der Waals surface area contributed by atoms with Crippen LogP contribution in [0.1, 0.15) is 139 Å². The van der Waals surface area contributed by atoms with E-state index in [4.69, 9.17) is 9.47 Å². The molecule has 0 saturated heterocycles. The van der Waals surface area contributed by atoms with Crippen molar-refractivity contribution in [2.45, 2.75) is 116 Å². The molecule has 64 heavy (non-hydrogen) atoms. The Balaban J connectivity index is 1.82. The molecule has 332 valence electrons. The molecule has 0 heterocycles. The fourth-order valence-electron chi connectivity index (χ4n) is 9.48. The topological polar surface area (TPSA) is 18.5 Å². The van der Waals surface area contributed by atoms with Gasteiger partial charge in [0.05, 0.1) is 0 Å². The molecule has 2 nitrogen and oxygen atoms in total. The summed E-state index contributed by atoms with van der Waals surface area (Å²) in [4.78, 5) is 0. The van der Waals surface area contributed by atoms with E-state index in [1.54, 1.807) is 0 Å². The van der Waals surface area contributed by atoms with E-state index < -0.39 is 11.2 Å². The van der Waals surface area contributed by atoms with Gasteiger partial charge in [-0.3, -0.25) is 0 Å². The molecule has 0 fully saturated rings. The highest BCUT2D eigenvalue weighted by Crippen LogP contribution is 2.66. The molecule has 6 aromatic carbocycles. The van der Waals surface area contributed by atoms with Crippen LogP contribution in [0.4, 0.5) is 0 Å². The van der Waals surface area contributed by atoms with Gasteiger partial charge in [-0.2, -0.15) is 0 Å². The van der Waals surface area contributed by atoms with Gasteiger partial charge in [0.1, 0.15) is 11.2 Å². The third kappa shape index (κ3) is 8.90. The van der Waals surface area contributed by atoms with E-state index in [1.165, 1.54) is 22.3 Å². The molecule has 0 aromatic heterocycles. The number of ether oxygens (including phenoxy) is 2. The van der Waals surface area contributed by atoms with Gasteiger partial charge in [0, 0.05) is 43.7 Å². The molecule has 4 heteroatoms. The molecule has 0 atom stereocenters. The highest BCUT2D eigenvalue weighted by molar-refractivity contribution is 14.1. The lowest BCUT2D eigenvalue weighted by atomic mass is 9.58. The average Bonchev–Trinajstić information content (AvgIpc) is 3.25. The number of hydrogen-bond acceptors (Lipinski definition) is 2. The van der Waals surface area contributed by atoms with E-state index in [9.17, 15) is 0 Å². The molecule has 0 aliphatic heterocycles. The first-order valence-corrected chi connectivity index (χ1v) is 24.7. The quantitative estimate of drug-likeness (QED) is 0.141. The maximum atomic E-state index is 7.51. The van der Waals surface area contributed by atoms with Gasteiger partial charge in [0.15, 0.2) is 0 Å². The van der Waals surface area contributed by atoms with Crippen LogP contribution in [0.25, 0.3) is 22.3 Å². The summed E-state index contributed by atoms with van der Waals surface area (Å²) in [6.07, 6.45) is 0. The molecule has 6 aromatic rings. The van der Waals surface area contributed by atoms with Gasteiger partial charge in [-0.25, -0.2) is 0 Å². The van der Waals surface area contributed by atoms with Gasteiger partial charge >= 0.3 is 0 Å². The summed E-state index contributed by atoms with van der Waals surface area (Å²) in [6, 6.07) is 54.9. The van der Waals surface area contributed by atoms with E-state index in [2.05, 4.69) is 274 Å². The van der Waals surface area contributed by atoms with E-state index in [-0.39, 0.29) is 21.7 Å². The lowest BCUT2D eigenvalue weighted by Crippen LogP contribution is -2.45. The van der Waals surface area contributed by atoms with Gasteiger partial charge in [0.25, 0.3) is 0 Å². The monoisotopic (exact) mass is 1070 g/mol. The SMILES string of the molecule is COC1(c2ccc(I)cc2)C(c2ccc(C(C)(C)C)cc2)=C(c2ccc(C(C)(C)C)cc2)C(OC)(c2ccc(I)cc2)C(c2ccc(C(C)(C)C)cc2)=C1c1ccc(C(C)(C)C)cc1. The Hall–Kier alpha value is -3.82. The summed E-state index contributed by atoms with van der Waals surface area (Å²) in [6.45, 7) is 27.3. The van der Waals surface area contributed by atoms with Crippen molar-refractivity contribution in [3.05, 3.63) is 208 Å². The van der Waals surface area contributed by atoms with Crippen LogP contribution in [-0.4, -0.2) is 14.2 Å². The fraction of sp³-hybridized carbons (Fsp3) is 0.333. The first kappa shape index (κ1) is 48.1. The molecule has 1 aliphatic rings. The van der Waals surface area contributed by atoms with Crippen LogP contribution in [0.2, 0.25) is 0 Å². The zero-order valence-electron chi connectivity index (χ0n) is 40.4. The van der Waals surface area contributed by atoms with Crippen LogP contribution in [-0.2, 0) is 42.3 Å². The normalized spacial score (nSPS) is 18.8. The Morgan fingerprint density at radius 2 is 0.484 bits per heavy atom. The van der Waals surface area contributed by atoms with Crippen molar-refractivity contribution in [2.75, 3.05) is 14.2 Å². The minimum Gasteiger partial charge on any atom is -0.364 e. The standard InChI is InChI=1S/C60H66I2O2/c1-55(2,3)43-23-15-39(16-24-43)51-52(40-17-25-44(26-18-40)56(4,5)6)60(64-14,48-33-37-50(62)38-34-48)54(42-21-29-46(30-22-42)58(10,11)12)53(41-19-27-45(28-20-41)57(7,8)9)59(51,63-13)47-31-35-49(61)36-32-47/h15-38H,1-14H3. The lowest BCUT2D eigenvalue weighted by molar-refractivity contribution is 0.0683. The number of methoxy groups -OCH3 is 2. The Morgan fingerprint density at radius 1 is 0.297 bits per heavy atom. The van der Waals surface area contributed by atoms with Crippen LogP contribution < -0.4 is 0 Å². The average molecular weight is 1070 g/mol. The predicted molar refractivity (Wildman–Crippen MR) is 290 cm³/mol. The number of halogens is 2. The maximum absolute atomic E-state index is 7.51. The molecule has 0 bridgehead atoms. The van der Waals surface area contributed by atoms with Crippen LogP contribution in [0, 0.1) is 7.14 Å². The van der Waals surface area contributed by atoms with Gasteiger partial charge < -0.3 is 9.47 Å². The minimum absolute atomic E-state index is 0.0384. The summed E-state index contributed by atoms with van der Waals surface area (Å²) in [5.41, 5.74) is 13.2. The van der Waals surface area contributed by atoms with Gasteiger partial charge in [-0.1, -0.05) is 204 Å². The molecule has 0 unspecified atom stereocenters. The van der Waals surface area contributed by atoms with E-state index in [0.29, 0.717) is 0 Å². The summed E-state index contributed by atoms with van der Waals surface area (Å²) in [7, 11) is 3.80. The molecular formula is C60H66I2O2. The summed E-state index contributed by atoms with van der Waals surface area (Å²) >= 11 is 4.84. The number of benzene rings is 6. The van der Waals surface area contributed by atoms with E-state index in [1.807, 2.05) is 14.2 Å². The molecule has 0 spiro atoms. The Morgan fingerprint density at radius 3 is 0.641 bits per heavy atom. The molecule has 0 radical (unpaired) electrons. The van der Waals surface area contributed by atoms with Crippen molar-refractivity contribution in [1.82, 2.24) is 0 Å². The summed E-state index contributed by atoms with van der Waals surface area (Å²) < 4.78 is 17.3. The van der Waals surface area contributed by atoms with Crippen LogP contribution in [0.15, 0.2) is 146 Å². The second-order valence-corrected chi connectivity index (χ2v) is 24.1. The van der Waals surface area contributed by atoms with Crippen LogP contribution in [0.3, 0.4) is 0 Å². The largest absolute Gasteiger partial charge is 0.364 e. The maximum Gasteiger partial charge on any atom is 0.145 e. The van der Waals surface area contributed by atoms with E-state index in [0.717, 1.165) is 62.8 Å². The minimum atomic E-state index is -1.14. The zero-order chi connectivity index (χ0) is 46.6. The molecule has 0 saturated carbocycles. The third-order valence-corrected chi connectivity index (χ3v) is 14.6. The van der Waals surface area contributed by atoms with Crippen LogP contribution >= 0.6 is 45.2 Å². The molecule has 0 amide bonds. The molecule has 7 rings (SSSR count). The fourth-order valence-corrected chi connectivity index (χ4v) is 10.2. The van der Waals surface area contributed by atoms with Crippen molar-refractivity contribution in [3.63, 3.8) is 0 Å². The van der Waals surface area contributed by atoms with Gasteiger partial charge in [-0.15, -0.1) is 0 Å². The predicted octanol–water partition coefficient (Wildman–Crippen LogP) is 16.7. The number of rotatable bonds is 8. The van der Waals surface area contributed by atoms with Crippen molar-refractivity contribution in [3.8, 4) is 0 Å². The number of hydrogen-bond donors (Lipinski definition) is 0. The zero-order valence-corrected chi connectivity index (χ0v) is 44.7. The first-order chi connectivity index (χ1) is 30.0. The van der Waals surface area contributed by atoms with Gasteiger partial charge in [-0.05, 0) is 147 Å². The Labute approximate surface area is 412 Å². The lowest BCUT2D eigenvalue weighted by Gasteiger charge is -2.52. The second kappa shape index (κ2) is 17.8. The highest BCUT2D eigenvalue weighted by Gasteiger charge is 2.57. The second-order valence-electron chi connectivity index (χ2n) is 21.6.